The first kappa shape index (κ1) is 32.1. The first-order valence-corrected chi connectivity index (χ1v) is 20.7. The summed E-state index contributed by atoms with van der Waals surface area (Å²) in [5.41, 5.74) is 15.3. The van der Waals surface area contributed by atoms with E-state index in [0.29, 0.717) is 11.9 Å². The smallest absolute Gasteiger partial charge is 0.235 e. The Kier molecular flexibility index (Phi) is 7.25. The van der Waals surface area contributed by atoms with Crippen molar-refractivity contribution in [1.82, 2.24) is 14.5 Å². The number of allylic oxidation sites excluding steroid dienone is 9. The zero-order valence-electron chi connectivity index (χ0n) is 30.9. The fourth-order valence-electron chi connectivity index (χ4n) is 9.68. The Hall–Kier alpha value is -6.23. The second-order valence-corrected chi connectivity index (χ2v) is 16.6. The highest BCUT2D eigenvalue weighted by Crippen LogP contribution is 2.55. The zero-order chi connectivity index (χ0) is 36.7. The Morgan fingerprint density at radius 1 is 0.625 bits per heavy atom. The summed E-state index contributed by atoms with van der Waals surface area (Å²) in [5, 5.41) is 6.05. The number of aromatic nitrogens is 3. The van der Waals surface area contributed by atoms with Crippen molar-refractivity contribution in [2.75, 3.05) is 0 Å². The minimum absolute atomic E-state index is 0.426. The molecule has 0 radical (unpaired) electrons. The van der Waals surface area contributed by atoms with E-state index in [1.54, 1.807) is 0 Å². The van der Waals surface area contributed by atoms with Crippen LogP contribution in [0.4, 0.5) is 0 Å². The molecular weight excluding hydrogens is 699 g/mol. The number of fused-ring (bicyclic) bond motifs is 10. The highest BCUT2D eigenvalue weighted by atomic mass is 32.2. The van der Waals surface area contributed by atoms with Crippen LogP contribution < -0.4 is 0 Å². The third-order valence-electron chi connectivity index (χ3n) is 12.4. The van der Waals surface area contributed by atoms with Crippen molar-refractivity contribution in [3.63, 3.8) is 0 Å². The van der Waals surface area contributed by atoms with Crippen LogP contribution in [-0.4, -0.2) is 14.5 Å². The maximum absolute atomic E-state index is 5.51. The summed E-state index contributed by atoms with van der Waals surface area (Å²) in [4.78, 5) is 13.7. The molecule has 4 heteroatoms. The lowest BCUT2D eigenvalue weighted by Gasteiger charge is -2.22. The van der Waals surface area contributed by atoms with Crippen LogP contribution in [0.25, 0.3) is 66.7 Å². The molecule has 0 bridgehead atoms. The minimum atomic E-state index is 0.426. The van der Waals surface area contributed by atoms with E-state index >= 15 is 0 Å². The molecule has 3 nitrogen and oxygen atoms in total. The number of aryl methyl sites for hydroxylation is 1. The van der Waals surface area contributed by atoms with Crippen LogP contribution >= 0.6 is 11.8 Å². The van der Waals surface area contributed by atoms with Gasteiger partial charge in [-0.25, -0.2) is 9.97 Å². The molecule has 6 aromatic carbocycles. The normalized spacial score (nSPS) is 17.6. The third kappa shape index (κ3) is 4.99. The van der Waals surface area contributed by atoms with Gasteiger partial charge in [0.1, 0.15) is 0 Å². The van der Waals surface area contributed by atoms with E-state index in [4.69, 9.17) is 9.97 Å². The van der Waals surface area contributed by atoms with Crippen molar-refractivity contribution in [3.8, 4) is 5.95 Å². The van der Waals surface area contributed by atoms with Crippen molar-refractivity contribution >= 4 is 72.5 Å². The maximum Gasteiger partial charge on any atom is 0.235 e. The van der Waals surface area contributed by atoms with Crippen molar-refractivity contribution in [3.05, 3.63) is 196 Å². The van der Waals surface area contributed by atoms with E-state index < -0.39 is 0 Å². The van der Waals surface area contributed by atoms with Crippen LogP contribution in [0.3, 0.4) is 0 Å². The molecule has 1 unspecified atom stereocenters. The topological polar surface area (TPSA) is 30.7 Å². The third-order valence-corrected chi connectivity index (χ3v) is 13.7. The molecule has 0 spiro atoms. The number of thioether (sulfide) groups is 1. The Morgan fingerprint density at radius 3 is 2.36 bits per heavy atom. The molecule has 0 saturated carbocycles. The molecule has 266 valence electrons. The summed E-state index contributed by atoms with van der Waals surface area (Å²) >= 11 is 1.95. The van der Waals surface area contributed by atoms with Crippen molar-refractivity contribution in [2.45, 2.75) is 42.9 Å². The van der Waals surface area contributed by atoms with Gasteiger partial charge in [-0.1, -0.05) is 139 Å². The molecule has 3 aliphatic carbocycles. The molecule has 0 saturated heterocycles. The van der Waals surface area contributed by atoms with Gasteiger partial charge in [0, 0.05) is 31.9 Å². The summed E-state index contributed by atoms with van der Waals surface area (Å²) in [6, 6.07) is 46.6. The number of nitrogens with zero attached hydrogens (tertiary/aromatic N) is 3. The van der Waals surface area contributed by atoms with Gasteiger partial charge in [0.05, 0.1) is 22.2 Å². The molecule has 56 heavy (non-hydrogen) atoms. The Bertz CT molecular complexity index is 3150. The van der Waals surface area contributed by atoms with E-state index in [9.17, 15) is 0 Å². The van der Waals surface area contributed by atoms with Gasteiger partial charge >= 0.3 is 0 Å². The molecule has 1 aliphatic heterocycles. The van der Waals surface area contributed by atoms with Crippen LogP contribution in [0.2, 0.25) is 0 Å². The second-order valence-electron chi connectivity index (χ2n) is 15.5. The van der Waals surface area contributed by atoms with E-state index in [2.05, 4.69) is 162 Å². The van der Waals surface area contributed by atoms with Crippen molar-refractivity contribution in [2.24, 2.45) is 0 Å². The van der Waals surface area contributed by atoms with Gasteiger partial charge in [0.15, 0.2) is 0 Å². The van der Waals surface area contributed by atoms with E-state index in [1.807, 2.05) is 11.8 Å². The molecule has 2 aromatic heterocycles. The Labute approximate surface area is 330 Å². The molecule has 0 N–H and O–H groups in total. The Balaban J connectivity index is 1.03. The summed E-state index contributed by atoms with van der Waals surface area (Å²) in [7, 11) is 0. The van der Waals surface area contributed by atoms with Crippen LogP contribution in [-0.2, 0) is 6.42 Å². The lowest BCUT2D eigenvalue weighted by molar-refractivity contribution is 0.841. The predicted octanol–water partition coefficient (Wildman–Crippen LogP) is 13.6. The lowest BCUT2D eigenvalue weighted by Crippen LogP contribution is -2.07. The van der Waals surface area contributed by atoms with E-state index in [0.717, 1.165) is 59.7 Å². The molecule has 4 aliphatic rings. The van der Waals surface area contributed by atoms with Gasteiger partial charge in [-0.3, -0.25) is 4.57 Å². The quantitative estimate of drug-likeness (QED) is 0.180. The highest BCUT2D eigenvalue weighted by molar-refractivity contribution is 8.03. The summed E-state index contributed by atoms with van der Waals surface area (Å²) in [5.74, 6) is 1.14. The van der Waals surface area contributed by atoms with Gasteiger partial charge in [0.2, 0.25) is 5.95 Å². The first-order chi connectivity index (χ1) is 27.7. The molecule has 12 rings (SSSR count). The summed E-state index contributed by atoms with van der Waals surface area (Å²) < 4.78 is 2.31. The summed E-state index contributed by atoms with van der Waals surface area (Å²) in [6.07, 6.45) is 17.0. The predicted molar refractivity (Wildman–Crippen MR) is 235 cm³/mol. The van der Waals surface area contributed by atoms with Gasteiger partial charge in [-0.15, -0.1) is 0 Å². The standard InChI is InChI=1S/C52H37N3S/c1-2-12-36-30-37(25-22-32(36)10-1)33-20-23-35(24-21-33)50-43-15-5-7-18-45(43)53-52(54-50)55-46-28-27-38(31-44(46)49-39-13-4-3-11-34(39)26-29-47(49)55)40-16-9-17-42-41-14-6-8-19-48(41)56-51(40)42/h1-16,18-20,23,26-31,42H,17,21-22,24-25H2. The molecule has 0 fully saturated rings. The fraction of sp³-hybridized carbons (Fsp3) is 0.115. The van der Waals surface area contributed by atoms with Crippen LogP contribution in [0, 0.1) is 0 Å². The number of rotatable bonds is 4. The van der Waals surface area contributed by atoms with Gasteiger partial charge in [0.25, 0.3) is 0 Å². The number of hydrogen-bond donors (Lipinski definition) is 0. The average Bonchev–Trinajstić information content (AvgIpc) is 3.82. The van der Waals surface area contributed by atoms with Crippen molar-refractivity contribution in [1.29, 1.82) is 0 Å². The Morgan fingerprint density at radius 2 is 1.41 bits per heavy atom. The van der Waals surface area contributed by atoms with E-state index in [-0.39, 0.29) is 0 Å². The SMILES string of the molecule is C1=CC(c2ccc3c(c2)c2c4ccccc4ccc2n3-c2nc(C3=CC=C(C4=Cc5ccccc5CC4)CC3)c3ccccc3n2)=C2Sc3ccccc3C2C1. The number of para-hydroxylation sites is 1. The number of benzene rings is 6. The maximum atomic E-state index is 5.51. The second kappa shape index (κ2) is 12.7. The van der Waals surface area contributed by atoms with Crippen LogP contribution in [0.5, 0.6) is 0 Å². The fourth-order valence-corrected chi connectivity index (χ4v) is 11.1. The van der Waals surface area contributed by atoms with Crippen molar-refractivity contribution < 1.29 is 0 Å². The van der Waals surface area contributed by atoms with Crippen LogP contribution in [0.1, 0.15) is 59.5 Å². The first-order valence-electron chi connectivity index (χ1n) is 19.8. The molecular formula is C52H37N3S. The summed E-state index contributed by atoms with van der Waals surface area (Å²) in [6.45, 7) is 0. The van der Waals surface area contributed by atoms with Gasteiger partial charge < -0.3 is 0 Å². The monoisotopic (exact) mass is 735 g/mol. The van der Waals surface area contributed by atoms with Gasteiger partial charge in [-0.2, -0.15) is 0 Å². The minimum Gasteiger partial charge on any atom is -0.278 e. The number of hydrogen-bond acceptors (Lipinski definition) is 3. The lowest BCUT2D eigenvalue weighted by atomic mass is 9.84. The van der Waals surface area contributed by atoms with Gasteiger partial charge in [-0.05, 0) is 118 Å². The average molecular weight is 736 g/mol. The zero-order valence-corrected chi connectivity index (χ0v) is 31.7. The van der Waals surface area contributed by atoms with E-state index in [1.165, 1.54) is 75.9 Å². The molecule has 3 heterocycles. The van der Waals surface area contributed by atoms with Crippen LogP contribution in [0.15, 0.2) is 173 Å². The highest BCUT2D eigenvalue weighted by Gasteiger charge is 2.32. The molecule has 8 aromatic rings. The molecule has 1 atom stereocenters. The largest absolute Gasteiger partial charge is 0.278 e. The molecule has 0 amide bonds.